The number of carbonyl (C=O) groups excluding carboxylic acids is 1. The molecule has 2 atom stereocenters. The van der Waals surface area contributed by atoms with E-state index in [0.29, 0.717) is 30.4 Å². The Bertz CT molecular complexity index is 454. The van der Waals surface area contributed by atoms with Gasteiger partial charge in [-0.2, -0.15) is 0 Å². The van der Waals surface area contributed by atoms with Crippen molar-refractivity contribution in [1.29, 1.82) is 0 Å². The van der Waals surface area contributed by atoms with Crippen molar-refractivity contribution in [2.75, 3.05) is 26.2 Å². The van der Waals surface area contributed by atoms with Crippen LogP contribution in [0.25, 0.3) is 0 Å². The third-order valence-electron chi connectivity index (χ3n) is 3.69. The number of aliphatic hydroxyl groups is 1. The Hall–Kier alpha value is -1.17. The number of aromatic nitrogens is 1. The van der Waals surface area contributed by atoms with E-state index in [1.165, 1.54) is 6.20 Å². The van der Waals surface area contributed by atoms with Gasteiger partial charge in [0.15, 0.2) is 0 Å². The molecule has 1 saturated heterocycles. The molecule has 1 amide bonds. The molecule has 1 aliphatic heterocycles. The molecule has 6 heteroatoms. The van der Waals surface area contributed by atoms with E-state index < -0.39 is 0 Å². The zero-order valence-corrected chi connectivity index (χ0v) is 12.5. The first-order valence-electron chi connectivity index (χ1n) is 6.80. The summed E-state index contributed by atoms with van der Waals surface area (Å²) in [5.74, 6) is -0.0657. The number of amides is 1. The quantitative estimate of drug-likeness (QED) is 0.913. The zero-order chi connectivity index (χ0) is 14.7. The molecule has 0 spiro atoms. The maximum Gasteiger partial charge on any atom is 0.272 e. The van der Waals surface area contributed by atoms with Crippen LogP contribution in [0.15, 0.2) is 18.3 Å². The van der Waals surface area contributed by atoms with Crippen molar-refractivity contribution in [3.05, 3.63) is 29.0 Å². The number of aliphatic hydroxyl groups excluding tert-OH is 1. The van der Waals surface area contributed by atoms with Gasteiger partial charge in [0.1, 0.15) is 5.69 Å². The minimum atomic E-state index is -0.0657. The molecule has 110 valence electrons. The van der Waals surface area contributed by atoms with E-state index >= 15 is 0 Å². The fraction of sp³-hybridized carbons (Fsp3) is 0.571. The summed E-state index contributed by atoms with van der Waals surface area (Å²) in [6, 6.07) is 3.78. The lowest BCUT2D eigenvalue weighted by Crippen LogP contribution is -2.58. The predicted molar refractivity (Wildman–Crippen MR) is 77.9 cm³/mol. The maximum atomic E-state index is 12.4. The highest BCUT2D eigenvalue weighted by atomic mass is 35.5. The smallest absolute Gasteiger partial charge is 0.272 e. The molecule has 0 saturated carbocycles. The van der Waals surface area contributed by atoms with Crippen molar-refractivity contribution in [2.24, 2.45) is 0 Å². The lowest BCUT2D eigenvalue weighted by Gasteiger charge is -2.44. The third kappa shape index (κ3) is 3.29. The van der Waals surface area contributed by atoms with Gasteiger partial charge in [-0.1, -0.05) is 11.6 Å². The van der Waals surface area contributed by atoms with Gasteiger partial charge in [0.2, 0.25) is 0 Å². The molecule has 2 heterocycles. The second-order valence-corrected chi connectivity index (χ2v) is 5.67. The lowest BCUT2D eigenvalue weighted by atomic mass is 10.1. The SMILES string of the molecule is C[C@@H]1CN(C(=O)c2ccc(Cl)cn2)C[C@H](C)N1CCO. The molecule has 0 unspecified atom stereocenters. The number of hydrogen-bond acceptors (Lipinski definition) is 4. The molecule has 2 rings (SSSR count). The topological polar surface area (TPSA) is 56.7 Å². The van der Waals surface area contributed by atoms with Crippen molar-refractivity contribution >= 4 is 17.5 Å². The van der Waals surface area contributed by atoms with E-state index in [1.54, 1.807) is 12.1 Å². The summed E-state index contributed by atoms with van der Waals surface area (Å²) in [4.78, 5) is 20.5. The van der Waals surface area contributed by atoms with E-state index in [4.69, 9.17) is 16.7 Å². The van der Waals surface area contributed by atoms with Crippen molar-refractivity contribution in [3.8, 4) is 0 Å². The number of pyridine rings is 1. The van der Waals surface area contributed by atoms with Crippen LogP contribution in [-0.2, 0) is 0 Å². The van der Waals surface area contributed by atoms with Crippen LogP contribution in [0.2, 0.25) is 5.02 Å². The number of nitrogens with zero attached hydrogens (tertiary/aromatic N) is 3. The van der Waals surface area contributed by atoms with E-state index in [1.807, 2.05) is 4.90 Å². The Morgan fingerprint density at radius 1 is 1.40 bits per heavy atom. The standard InChI is InChI=1S/C14H20ClN3O2/c1-10-8-17(9-11(2)18(10)5-6-19)14(20)13-4-3-12(15)7-16-13/h3-4,7,10-11,19H,5-6,8-9H2,1-2H3/t10-,11+. The highest BCUT2D eigenvalue weighted by molar-refractivity contribution is 6.30. The molecule has 0 aromatic carbocycles. The van der Waals surface area contributed by atoms with Crippen molar-refractivity contribution in [3.63, 3.8) is 0 Å². The maximum absolute atomic E-state index is 12.4. The van der Waals surface area contributed by atoms with Gasteiger partial charge in [-0.15, -0.1) is 0 Å². The monoisotopic (exact) mass is 297 g/mol. The van der Waals surface area contributed by atoms with Crippen LogP contribution in [0.1, 0.15) is 24.3 Å². The van der Waals surface area contributed by atoms with Crippen molar-refractivity contribution in [2.45, 2.75) is 25.9 Å². The lowest BCUT2D eigenvalue weighted by molar-refractivity contribution is 0.0233. The fourth-order valence-electron chi connectivity index (χ4n) is 2.74. The van der Waals surface area contributed by atoms with Crippen LogP contribution in [0, 0.1) is 0 Å². The molecule has 5 nitrogen and oxygen atoms in total. The molecule has 1 N–H and O–H groups in total. The Balaban J connectivity index is 2.07. The van der Waals surface area contributed by atoms with Crippen LogP contribution < -0.4 is 0 Å². The Morgan fingerprint density at radius 3 is 2.55 bits per heavy atom. The Kier molecular flexibility index (Phi) is 4.96. The molecular weight excluding hydrogens is 278 g/mol. The van der Waals surface area contributed by atoms with Gasteiger partial charge >= 0.3 is 0 Å². The first-order valence-corrected chi connectivity index (χ1v) is 7.18. The van der Waals surface area contributed by atoms with Gasteiger partial charge < -0.3 is 10.0 Å². The number of hydrogen-bond donors (Lipinski definition) is 1. The molecule has 1 aromatic heterocycles. The molecule has 20 heavy (non-hydrogen) atoms. The highest BCUT2D eigenvalue weighted by Gasteiger charge is 2.32. The van der Waals surface area contributed by atoms with Gasteiger partial charge in [0.25, 0.3) is 5.91 Å². The minimum absolute atomic E-state index is 0.0657. The molecule has 1 aromatic rings. The van der Waals surface area contributed by atoms with Gasteiger partial charge in [-0.3, -0.25) is 9.69 Å². The summed E-state index contributed by atoms with van der Waals surface area (Å²) in [5, 5.41) is 9.61. The number of rotatable bonds is 3. The number of β-amino-alcohol motifs (C(OH)–C–C–N with tert-alkyl or cyclic N) is 1. The van der Waals surface area contributed by atoms with Crippen LogP contribution in [0.3, 0.4) is 0 Å². The van der Waals surface area contributed by atoms with E-state index in [0.717, 1.165) is 0 Å². The summed E-state index contributed by atoms with van der Waals surface area (Å²) in [6.07, 6.45) is 1.49. The number of carbonyl (C=O) groups is 1. The highest BCUT2D eigenvalue weighted by Crippen LogP contribution is 2.17. The molecular formula is C14H20ClN3O2. The Labute approximate surface area is 124 Å². The van der Waals surface area contributed by atoms with Crippen LogP contribution in [0.5, 0.6) is 0 Å². The normalized spacial score (nSPS) is 23.9. The fourth-order valence-corrected chi connectivity index (χ4v) is 2.85. The van der Waals surface area contributed by atoms with Crippen molar-refractivity contribution in [1.82, 2.24) is 14.8 Å². The van der Waals surface area contributed by atoms with E-state index in [-0.39, 0.29) is 24.6 Å². The summed E-state index contributed by atoms with van der Waals surface area (Å²) in [5.41, 5.74) is 0.421. The first kappa shape index (κ1) is 15.2. The van der Waals surface area contributed by atoms with Gasteiger partial charge in [-0.05, 0) is 26.0 Å². The van der Waals surface area contributed by atoms with Gasteiger partial charge in [-0.25, -0.2) is 4.98 Å². The van der Waals surface area contributed by atoms with Gasteiger partial charge in [0, 0.05) is 37.9 Å². The summed E-state index contributed by atoms with van der Waals surface area (Å²) in [6.45, 7) is 6.22. The third-order valence-corrected chi connectivity index (χ3v) is 3.92. The molecule has 0 aliphatic carbocycles. The summed E-state index contributed by atoms with van der Waals surface area (Å²) < 4.78 is 0. The molecule has 0 bridgehead atoms. The predicted octanol–water partition coefficient (Wildman–Crippen LogP) is 1.26. The van der Waals surface area contributed by atoms with Crippen LogP contribution in [0.4, 0.5) is 0 Å². The first-order chi connectivity index (χ1) is 9.52. The average Bonchev–Trinajstić information content (AvgIpc) is 2.42. The second-order valence-electron chi connectivity index (χ2n) is 5.23. The summed E-state index contributed by atoms with van der Waals surface area (Å²) >= 11 is 5.78. The average molecular weight is 298 g/mol. The largest absolute Gasteiger partial charge is 0.395 e. The summed E-state index contributed by atoms with van der Waals surface area (Å²) in [7, 11) is 0. The van der Waals surface area contributed by atoms with Gasteiger partial charge in [0.05, 0.1) is 11.6 Å². The molecule has 1 fully saturated rings. The minimum Gasteiger partial charge on any atom is -0.395 e. The second kappa shape index (κ2) is 6.52. The van der Waals surface area contributed by atoms with E-state index in [9.17, 15) is 4.79 Å². The van der Waals surface area contributed by atoms with Crippen LogP contribution >= 0.6 is 11.6 Å². The van der Waals surface area contributed by atoms with Crippen LogP contribution in [-0.4, -0.2) is 64.1 Å². The Morgan fingerprint density at radius 2 is 2.05 bits per heavy atom. The number of halogens is 1. The van der Waals surface area contributed by atoms with E-state index in [2.05, 4.69) is 23.7 Å². The van der Waals surface area contributed by atoms with Crippen molar-refractivity contribution < 1.29 is 9.90 Å². The molecule has 1 aliphatic rings. The molecule has 0 radical (unpaired) electrons. The number of piperazine rings is 1. The zero-order valence-electron chi connectivity index (χ0n) is 11.8.